The van der Waals surface area contributed by atoms with Gasteiger partial charge < -0.3 is 10.2 Å². The van der Waals surface area contributed by atoms with Crippen LogP contribution in [0.25, 0.3) is 11.3 Å². The first-order valence-electron chi connectivity index (χ1n) is 10.3. The number of aromatic nitrogens is 2. The molecule has 5 nitrogen and oxygen atoms in total. The molecule has 1 N–H and O–H groups in total. The number of nitrogens with one attached hydrogen (secondary N) is 1. The SMILES string of the molecule is CCCN(C)c1cc(-c2ccccc2)nc(SCc2ccc(C(=O)NCC)cc2)n1. The first-order valence-corrected chi connectivity index (χ1v) is 11.2. The molecule has 0 atom stereocenters. The molecule has 1 heterocycles. The fourth-order valence-electron chi connectivity index (χ4n) is 3.04. The second-order valence-corrected chi connectivity index (χ2v) is 7.97. The zero-order chi connectivity index (χ0) is 21.3. The van der Waals surface area contributed by atoms with Crippen LogP contribution in [0.4, 0.5) is 5.82 Å². The summed E-state index contributed by atoms with van der Waals surface area (Å²) in [6.45, 7) is 5.64. The minimum atomic E-state index is -0.0424. The Hall–Kier alpha value is -2.86. The van der Waals surface area contributed by atoms with Crippen LogP contribution in [0.15, 0.2) is 65.8 Å². The lowest BCUT2D eigenvalue weighted by Crippen LogP contribution is -2.22. The van der Waals surface area contributed by atoms with E-state index in [1.165, 1.54) is 0 Å². The molecule has 0 aliphatic heterocycles. The molecule has 0 spiro atoms. The zero-order valence-corrected chi connectivity index (χ0v) is 18.6. The smallest absolute Gasteiger partial charge is 0.251 e. The summed E-state index contributed by atoms with van der Waals surface area (Å²) >= 11 is 1.61. The van der Waals surface area contributed by atoms with Crippen LogP contribution in [0.5, 0.6) is 0 Å². The Morgan fingerprint density at radius 2 is 1.77 bits per heavy atom. The normalized spacial score (nSPS) is 10.6. The maximum Gasteiger partial charge on any atom is 0.251 e. The molecule has 0 aliphatic carbocycles. The minimum absolute atomic E-state index is 0.0424. The number of thioether (sulfide) groups is 1. The predicted molar refractivity (Wildman–Crippen MR) is 125 cm³/mol. The maximum absolute atomic E-state index is 11.9. The van der Waals surface area contributed by atoms with E-state index in [0.29, 0.717) is 12.1 Å². The Morgan fingerprint density at radius 3 is 2.43 bits per heavy atom. The van der Waals surface area contributed by atoms with E-state index in [2.05, 4.69) is 42.4 Å². The highest BCUT2D eigenvalue weighted by Crippen LogP contribution is 2.27. The molecule has 0 unspecified atom stereocenters. The molecule has 0 fully saturated rings. The highest BCUT2D eigenvalue weighted by molar-refractivity contribution is 7.98. The van der Waals surface area contributed by atoms with Crippen LogP contribution in [0.2, 0.25) is 0 Å². The van der Waals surface area contributed by atoms with E-state index in [1.54, 1.807) is 11.8 Å². The van der Waals surface area contributed by atoms with Crippen LogP contribution in [0.1, 0.15) is 36.2 Å². The number of hydrogen-bond donors (Lipinski definition) is 1. The first-order chi connectivity index (χ1) is 14.6. The Kier molecular flexibility index (Phi) is 7.85. The second kappa shape index (κ2) is 10.8. The summed E-state index contributed by atoms with van der Waals surface area (Å²) in [6.07, 6.45) is 1.06. The van der Waals surface area contributed by atoms with Crippen LogP contribution in [0.3, 0.4) is 0 Å². The summed E-state index contributed by atoms with van der Waals surface area (Å²) in [6, 6.07) is 20.0. The Morgan fingerprint density at radius 1 is 1.03 bits per heavy atom. The van der Waals surface area contributed by atoms with E-state index in [0.717, 1.165) is 46.5 Å². The van der Waals surface area contributed by atoms with Gasteiger partial charge in [-0.15, -0.1) is 0 Å². The maximum atomic E-state index is 11.9. The van der Waals surface area contributed by atoms with Crippen LogP contribution in [-0.4, -0.2) is 36.0 Å². The molecule has 30 heavy (non-hydrogen) atoms. The number of anilines is 1. The van der Waals surface area contributed by atoms with Gasteiger partial charge in [0.05, 0.1) is 5.69 Å². The molecule has 0 radical (unpaired) electrons. The van der Waals surface area contributed by atoms with Gasteiger partial charge in [-0.1, -0.05) is 61.2 Å². The van der Waals surface area contributed by atoms with Gasteiger partial charge in [0.25, 0.3) is 5.91 Å². The summed E-state index contributed by atoms with van der Waals surface area (Å²) in [4.78, 5) is 23.7. The lowest BCUT2D eigenvalue weighted by molar-refractivity contribution is 0.0956. The van der Waals surface area contributed by atoms with E-state index < -0.39 is 0 Å². The third kappa shape index (κ3) is 5.83. The molecule has 3 rings (SSSR count). The average Bonchev–Trinajstić information content (AvgIpc) is 2.79. The van der Waals surface area contributed by atoms with Crippen LogP contribution < -0.4 is 10.2 Å². The van der Waals surface area contributed by atoms with Crippen molar-refractivity contribution < 1.29 is 4.79 Å². The highest BCUT2D eigenvalue weighted by atomic mass is 32.2. The fraction of sp³-hybridized carbons (Fsp3) is 0.292. The van der Waals surface area contributed by atoms with Gasteiger partial charge in [0.2, 0.25) is 0 Å². The van der Waals surface area contributed by atoms with Crippen LogP contribution in [0, 0.1) is 0 Å². The first kappa shape index (κ1) is 21.8. The fourth-order valence-corrected chi connectivity index (χ4v) is 3.85. The van der Waals surface area contributed by atoms with Gasteiger partial charge >= 0.3 is 0 Å². The standard InChI is InChI=1S/C24H28N4OS/c1-4-15-28(3)22-16-21(19-9-7-6-8-10-19)26-24(27-22)30-17-18-11-13-20(14-12-18)23(29)25-5-2/h6-14,16H,4-5,15,17H2,1-3H3,(H,25,29). The third-order valence-electron chi connectivity index (χ3n) is 4.63. The Bertz CT molecular complexity index is 961. The molecule has 3 aromatic rings. The number of carbonyl (C=O) groups is 1. The summed E-state index contributed by atoms with van der Waals surface area (Å²) in [5.74, 6) is 1.63. The second-order valence-electron chi connectivity index (χ2n) is 7.03. The molecule has 1 aromatic heterocycles. The van der Waals surface area contributed by atoms with E-state index >= 15 is 0 Å². The molecule has 1 amide bonds. The average molecular weight is 421 g/mol. The van der Waals surface area contributed by atoms with Crippen molar-refractivity contribution in [2.75, 3.05) is 25.0 Å². The molecule has 0 aliphatic rings. The molecule has 0 saturated heterocycles. The van der Waals surface area contributed by atoms with E-state index in [9.17, 15) is 4.79 Å². The van der Waals surface area contributed by atoms with Gasteiger partial charge in [0, 0.05) is 43.1 Å². The van der Waals surface area contributed by atoms with Crippen LogP contribution >= 0.6 is 11.8 Å². The van der Waals surface area contributed by atoms with Gasteiger partial charge in [-0.05, 0) is 31.0 Å². The van der Waals surface area contributed by atoms with Crippen molar-refractivity contribution in [3.63, 3.8) is 0 Å². The highest BCUT2D eigenvalue weighted by Gasteiger charge is 2.11. The van der Waals surface area contributed by atoms with E-state index in [-0.39, 0.29) is 5.91 Å². The van der Waals surface area contributed by atoms with Crippen molar-refractivity contribution in [3.8, 4) is 11.3 Å². The van der Waals surface area contributed by atoms with Crippen molar-refractivity contribution in [1.82, 2.24) is 15.3 Å². The zero-order valence-electron chi connectivity index (χ0n) is 17.8. The number of carbonyl (C=O) groups excluding carboxylic acids is 1. The van der Waals surface area contributed by atoms with E-state index in [1.807, 2.05) is 49.4 Å². The van der Waals surface area contributed by atoms with Crippen molar-refractivity contribution in [2.24, 2.45) is 0 Å². The molecular weight excluding hydrogens is 392 g/mol. The molecule has 0 bridgehead atoms. The topological polar surface area (TPSA) is 58.1 Å². The molecule has 156 valence electrons. The van der Waals surface area contributed by atoms with Crippen molar-refractivity contribution in [3.05, 3.63) is 71.8 Å². The van der Waals surface area contributed by atoms with Gasteiger partial charge in [-0.2, -0.15) is 0 Å². The molecular formula is C24H28N4OS. The van der Waals surface area contributed by atoms with Gasteiger partial charge in [-0.25, -0.2) is 9.97 Å². The summed E-state index contributed by atoms with van der Waals surface area (Å²) in [7, 11) is 2.06. The molecule has 0 saturated carbocycles. The number of rotatable bonds is 9. The quantitative estimate of drug-likeness (QED) is 0.389. The number of hydrogen-bond acceptors (Lipinski definition) is 5. The Balaban J connectivity index is 1.79. The van der Waals surface area contributed by atoms with Crippen LogP contribution in [-0.2, 0) is 5.75 Å². The summed E-state index contributed by atoms with van der Waals surface area (Å²) in [5.41, 5.74) is 3.82. The Labute approximate surface area is 182 Å². The van der Waals surface area contributed by atoms with Gasteiger partial charge in [0.15, 0.2) is 5.16 Å². The summed E-state index contributed by atoms with van der Waals surface area (Å²) in [5, 5.41) is 3.57. The predicted octanol–water partition coefficient (Wildman–Crippen LogP) is 5.03. The minimum Gasteiger partial charge on any atom is -0.360 e. The number of benzene rings is 2. The molecule has 6 heteroatoms. The van der Waals surface area contributed by atoms with Crippen molar-refractivity contribution in [2.45, 2.75) is 31.2 Å². The van der Waals surface area contributed by atoms with Gasteiger partial charge in [-0.3, -0.25) is 4.79 Å². The van der Waals surface area contributed by atoms with E-state index in [4.69, 9.17) is 9.97 Å². The number of nitrogens with zero attached hydrogens (tertiary/aromatic N) is 3. The molecule has 2 aromatic carbocycles. The monoisotopic (exact) mass is 420 g/mol. The third-order valence-corrected chi connectivity index (χ3v) is 5.55. The van der Waals surface area contributed by atoms with Crippen molar-refractivity contribution in [1.29, 1.82) is 0 Å². The van der Waals surface area contributed by atoms with Crippen molar-refractivity contribution >= 4 is 23.5 Å². The number of amides is 1. The summed E-state index contributed by atoms with van der Waals surface area (Å²) < 4.78 is 0. The van der Waals surface area contributed by atoms with Gasteiger partial charge in [0.1, 0.15) is 5.82 Å². The lowest BCUT2D eigenvalue weighted by atomic mass is 10.1. The lowest BCUT2D eigenvalue weighted by Gasteiger charge is -2.18. The largest absolute Gasteiger partial charge is 0.360 e.